The first-order valence-electron chi connectivity index (χ1n) is 3.86. The summed E-state index contributed by atoms with van der Waals surface area (Å²) in [6, 6.07) is 1.29. The number of alkyl halides is 2. The summed E-state index contributed by atoms with van der Waals surface area (Å²) >= 11 is 5.40. The summed E-state index contributed by atoms with van der Waals surface area (Å²) in [7, 11) is 0.312. The molecule has 10 heteroatoms. The second kappa shape index (κ2) is 4.71. The SMILES string of the molecule is O=[N+]([O-])c1ccc(C(F)F)c(S(=O)(=O)Cl)c1Cl. The molecule has 0 bridgehead atoms. The summed E-state index contributed by atoms with van der Waals surface area (Å²) < 4.78 is 47.2. The van der Waals surface area contributed by atoms with Crippen molar-refractivity contribution < 1.29 is 22.1 Å². The lowest BCUT2D eigenvalue weighted by Crippen LogP contribution is -2.02. The van der Waals surface area contributed by atoms with Gasteiger partial charge in [-0.05, 0) is 6.07 Å². The van der Waals surface area contributed by atoms with E-state index in [2.05, 4.69) is 0 Å². The first kappa shape index (κ1) is 14.1. The highest BCUT2D eigenvalue weighted by molar-refractivity contribution is 8.13. The molecule has 0 aromatic heterocycles. The average Bonchev–Trinajstić information content (AvgIpc) is 2.14. The van der Waals surface area contributed by atoms with Gasteiger partial charge in [-0.25, -0.2) is 17.2 Å². The van der Waals surface area contributed by atoms with Crippen molar-refractivity contribution in [2.24, 2.45) is 0 Å². The van der Waals surface area contributed by atoms with E-state index < -0.39 is 41.6 Å². The van der Waals surface area contributed by atoms with Crippen LogP contribution in [0.5, 0.6) is 0 Å². The van der Waals surface area contributed by atoms with Gasteiger partial charge in [-0.15, -0.1) is 0 Å². The molecule has 1 rings (SSSR count). The Morgan fingerprint density at radius 2 is 1.88 bits per heavy atom. The number of nitrogens with zero attached hydrogens (tertiary/aromatic N) is 1. The molecule has 0 aliphatic carbocycles. The summed E-state index contributed by atoms with van der Waals surface area (Å²) in [4.78, 5) is 8.35. The van der Waals surface area contributed by atoms with Crippen molar-refractivity contribution in [2.45, 2.75) is 11.3 Å². The maximum Gasteiger partial charge on any atom is 0.289 e. The van der Waals surface area contributed by atoms with Crippen molar-refractivity contribution in [2.75, 3.05) is 0 Å². The number of halogens is 4. The minimum absolute atomic E-state index is 0.601. The van der Waals surface area contributed by atoms with E-state index in [0.717, 1.165) is 0 Å². The predicted octanol–water partition coefficient (Wildman–Crippen LogP) is 3.11. The van der Waals surface area contributed by atoms with Gasteiger partial charge in [-0.1, -0.05) is 11.6 Å². The summed E-state index contributed by atoms with van der Waals surface area (Å²) in [6.45, 7) is 0. The van der Waals surface area contributed by atoms with Gasteiger partial charge in [-0.2, -0.15) is 0 Å². The molecule has 0 saturated carbocycles. The lowest BCUT2D eigenvalue weighted by molar-refractivity contribution is -0.384. The molecule has 0 heterocycles. The Hall–Kier alpha value is -0.990. The number of benzene rings is 1. The molecule has 1 aromatic rings. The van der Waals surface area contributed by atoms with Gasteiger partial charge in [0.2, 0.25) is 0 Å². The maximum atomic E-state index is 12.5. The van der Waals surface area contributed by atoms with Crippen LogP contribution in [0, 0.1) is 10.1 Å². The third-order valence-corrected chi connectivity index (χ3v) is 3.67. The van der Waals surface area contributed by atoms with Crippen molar-refractivity contribution in [3.05, 3.63) is 32.8 Å². The third kappa shape index (κ3) is 2.82. The van der Waals surface area contributed by atoms with E-state index in [0.29, 0.717) is 12.1 Å². The third-order valence-electron chi connectivity index (χ3n) is 1.78. The van der Waals surface area contributed by atoms with E-state index in [1.54, 1.807) is 0 Å². The lowest BCUT2D eigenvalue weighted by atomic mass is 10.2. The Labute approximate surface area is 104 Å². The number of nitro benzene ring substituents is 1. The molecule has 0 saturated heterocycles. The second-order valence-corrected chi connectivity index (χ2v) is 5.69. The molecule has 0 spiro atoms. The minimum Gasteiger partial charge on any atom is -0.258 e. The zero-order valence-electron chi connectivity index (χ0n) is 7.73. The summed E-state index contributed by atoms with van der Waals surface area (Å²) in [5.41, 5.74) is -1.79. The molecule has 5 nitrogen and oxygen atoms in total. The lowest BCUT2D eigenvalue weighted by Gasteiger charge is -2.07. The molecule has 0 aliphatic rings. The van der Waals surface area contributed by atoms with Crippen LogP contribution in [-0.2, 0) is 9.05 Å². The van der Waals surface area contributed by atoms with Crippen LogP contribution in [0.15, 0.2) is 17.0 Å². The fraction of sp³-hybridized carbons (Fsp3) is 0.143. The zero-order chi connectivity index (χ0) is 13.4. The fourth-order valence-electron chi connectivity index (χ4n) is 1.12. The number of rotatable bonds is 3. The molecular weight excluding hydrogens is 303 g/mol. The van der Waals surface area contributed by atoms with Gasteiger partial charge in [0.15, 0.2) is 0 Å². The normalized spacial score (nSPS) is 11.8. The van der Waals surface area contributed by atoms with Crippen molar-refractivity contribution in [1.82, 2.24) is 0 Å². The highest BCUT2D eigenvalue weighted by atomic mass is 35.7. The molecular formula is C7H3Cl2F2NO4S. The van der Waals surface area contributed by atoms with Crippen molar-refractivity contribution in [1.29, 1.82) is 0 Å². The Bertz CT molecular complexity index is 575. The molecule has 0 amide bonds. The van der Waals surface area contributed by atoms with E-state index in [-0.39, 0.29) is 0 Å². The standard InChI is InChI=1S/C7H3Cl2F2NO4S/c8-5-4(12(13)14)2-1-3(7(10)11)6(5)17(9,15)16/h1-2,7H. The Kier molecular flexibility index (Phi) is 3.90. The molecule has 0 atom stereocenters. The molecule has 0 radical (unpaired) electrons. The Morgan fingerprint density at radius 3 is 2.24 bits per heavy atom. The van der Waals surface area contributed by atoms with Crippen LogP contribution in [0.2, 0.25) is 5.02 Å². The van der Waals surface area contributed by atoms with Crippen LogP contribution in [0.1, 0.15) is 12.0 Å². The van der Waals surface area contributed by atoms with Crippen molar-refractivity contribution in [3.63, 3.8) is 0 Å². The molecule has 17 heavy (non-hydrogen) atoms. The average molecular weight is 306 g/mol. The van der Waals surface area contributed by atoms with Crippen LogP contribution in [0.4, 0.5) is 14.5 Å². The van der Waals surface area contributed by atoms with Gasteiger partial charge in [-0.3, -0.25) is 10.1 Å². The van der Waals surface area contributed by atoms with E-state index in [9.17, 15) is 27.3 Å². The second-order valence-electron chi connectivity index (χ2n) is 2.81. The summed E-state index contributed by atoms with van der Waals surface area (Å²) in [5.74, 6) is 0. The van der Waals surface area contributed by atoms with E-state index in [4.69, 9.17) is 22.3 Å². The number of hydrogen-bond acceptors (Lipinski definition) is 4. The number of nitro groups is 1. The Balaban J connectivity index is 3.72. The Morgan fingerprint density at radius 1 is 1.35 bits per heavy atom. The van der Waals surface area contributed by atoms with E-state index in [1.807, 2.05) is 0 Å². The van der Waals surface area contributed by atoms with Gasteiger partial charge in [0.25, 0.3) is 21.2 Å². The van der Waals surface area contributed by atoms with Gasteiger partial charge >= 0.3 is 0 Å². The summed E-state index contributed by atoms with van der Waals surface area (Å²) in [6.07, 6.45) is -3.17. The van der Waals surface area contributed by atoms with Crippen LogP contribution < -0.4 is 0 Å². The largest absolute Gasteiger partial charge is 0.289 e. The van der Waals surface area contributed by atoms with Crippen LogP contribution in [0.3, 0.4) is 0 Å². The van der Waals surface area contributed by atoms with Gasteiger partial charge in [0.1, 0.15) is 9.92 Å². The zero-order valence-corrected chi connectivity index (χ0v) is 10.1. The molecule has 0 aliphatic heterocycles. The predicted molar refractivity (Wildman–Crippen MR) is 56.1 cm³/mol. The van der Waals surface area contributed by atoms with E-state index in [1.165, 1.54) is 0 Å². The summed E-state index contributed by atoms with van der Waals surface area (Å²) in [5, 5.41) is 9.55. The quantitative estimate of drug-likeness (QED) is 0.488. The smallest absolute Gasteiger partial charge is 0.258 e. The monoisotopic (exact) mass is 305 g/mol. The molecule has 0 unspecified atom stereocenters. The maximum absolute atomic E-state index is 12.5. The van der Waals surface area contributed by atoms with Crippen molar-refractivity contribution in [3.8, 4) is 0 Å². The van der Waals surface area contributed by atoms with Crippen molar-refractivity contribution >= 4 is 37.0 Å². The van der Waals surface area contributed by atoms with Gasteiger partial charge in [0, 0.05) is 22.3 Å². The molecule has 0 N–H and O–H groups in total. The van der Waals surface area contributed by atoms with Gasteiger partial charge in [0.05, 0.1) is 4.92 Å². The molecule has 1 aromatic carbocycles. The minimum atomic E-state index is -4.61. The molecule has 94 valence electrons. The highest BCUT2D eigenvalue weighted by Gasteiger charge is 2.30. The fourth-order valence-corrected chi connectivity index (χ4v) is 3.04. The number of hydrogen-bond donors (Lipinski definition) is 0. The van der Waals surface area contributed by atoms with Crippen LogP contribution >= 0.6 is 22.3 Å². The van der Waals surface area contributed by atoms with Crippen LogP contribution in [0.25, 0.3) is 0 Å². The highest BCUT2D eigenvalue weighted by Crippen LogP contribution is 2.39. The molecule has 0 fully saturated rings. The van der Waals surface area contributed by atoms with Gasteiger partial charge < -0.3 is 0 Å². The topological polar surface area (TPSA) is 77.3 Å². The first-order valence-corrected chi connectivity index (χ1v) is 6.54. The van der Waals surface area contributed by atoms with Crippen LogP contribution in [-0.4, -0.2) is 13.3 Å². The van der Waals surface area contributed by atoms with E-state index >= 15 is 0 Å². The first-order chi connectivity index (χ1) is 7.66.